The lowest BCUT2D eigenvalue weighted by atomic mass is 9.86. The lowest BCUT2D eigenvalue weighted by molar-refractivity contribution is 0.559. The second-order valence-corrected chi connectivity index (χ2v) is 6.69. The second-order valence-electron chi connectivity index (χ2n) is 6.69. The van der Waals surface area contributed by atoms with Gasteiger partial charge in [-0.15, -0.1) is 0 Å². The van der Waals surface area contributed by atoms with E-state index in [-0.39, 0.29) is 5.41 Å². The zero-order valence-electron chi connectivity index (χ0n) is 11.5. The van der Waals surface area contributed by atoms with Gasteiger partial charge in [-0.2, -0.15) is 0 Å². The molecule has 1 heteroatoms. The molecule has 1 aliphatic rings. The van der Waals surface area contributed by atoms with E-state index < -0.39 is 0 Å². The average molecular weight is 231 g/mol. The third-order valence-electron chi connectivity index (χ3n) is 4.01. The number of nitrogens with two attached hydrogens (primary N) is 1. The van der Waals surface area contributed by atoms with Crippen molar-refractivity contribution >= 4 is 0 Å². The van der Waals surface area contributed by atoms with Crippen LogP contribution < -0.4 is 5.73 Å². The van der Waals surface area contributed by atoms with Gasteiger partial charge in [0.05, 0.1) is 0 Å². The Labute approximate surface area is 105 Å². The number of hydrogen-bond acceptors (Lipinski definition) is 1. The molecule has 0 aliphatic heterocycles. The summed E-state index contributed by atoms with van der Waals surface area (Å²) in [5.74, 6) is 1.61. The van der Waals surface area contributed by atoms with Crippen molar-refractivity contribution in [2.75, 3.05) is 0 Å². The molecule has 0 amide bonds. The van der Waals surface area contributed by atoms with Crippen LogP contribution in [-0.4, -0.2) is 6.04 Å². The summed E-state index contributed by atoms with van der Waals surface area (Å²) in [6.45, 7) is 9.05. The van der Waals surface area contributed by atoms with Crippen molar-refractivity contribution in [1.29, 1.82) is 0 Å². The predicted octanol–water partition coefficient (Wildman–Crippen LogP) is 3.51. The highest BCUT2D eigenvalue weighted by Gasteiger charge is 2.37. The fraction of sp³-hybridized carbons (Fsp3) is 0.625. The van der Waals surface area contributed by atoms with Crippen LogP contribution in [0, 0.1) is 11.8 Å². The fourth-order valence-electron chi connectivity index (χ4n) is 2.51. The number of benzene rings is 1. The van der Waals surface area contributed by atoms with Crippen LogP contribution in [0.4, 0.5) is 0 Å². The molecule has 2 rings (SSSR count). The molecular formula is C16H25N. The molecule has 2 N–H and O–H groups in total. The van der Waals surface area contributed by atoms with Crippen LogP contribution >= 0.6 is 0 Å². The van der Waals surface area contributed by atoms with Gasteiger partial charge in [0.1, 0.15) is 0 Å². The molecule has 1 nitrogen and oxygen atoms in total. The Kier molecular flexibility index (Phi) is 3.31. The third-order valence-corrected chi connectivity index (χ3v) is 4.01. The molecule has 3 atom stereocenters. The van der Waals surface area contributed by atoms with Gasteiger partial charge in [-0.3, -0.25) is 0 Å². The summed E-state index contributed by atoms with van der Waals surface area (Å²) < 4.78 is 0. The Bertz CT molecular complexity index is 372. The van der Waals surface area contributed by atoms with Crippen molar-refractivity contribution in [3.05, 3.63) is 35.4 Å². The van der Waals surface area contributed by atoms with Gasteiger partial charge >= 0.3 is 0 Å². The maximum absolute atomic E-state index is 6.23. The van der Waals surface area contributed by atoms with E-state index in [1.807, 2.05) is 0 Å². The summed E-state index contributed by atoms with van der Waals surface area (Å²) in [7, 11) is 0. The molecule has 0 radical (unpaired) electrons. The third kappa shape index (κ3) is 3.10. The minimum atomic E-state index is 0.242. The normalized spacial score (nSPS) is 25.7. The van der Waals surface area contributed by atoms with Gasteiger partial charge < -0.3 is 5.73 Å². The van der Waals surface area contributed by atoms with Crippen LogP contribution in [0.3, 0.4) is 0 Å². The van der Waals surface area contributed by atoms with Crippen LogP contribution in [0.5, 0.6) is 0 Å². The smallest absolute Gasteiger partial charge is 0.0110 e. The molecule has 1 fully saturated rings. The maximum Gasteiger partial charge on any atom is 0.0110 e. The molecule has 0 aromatic heterocycles. The van der Waals surface area contributed by atoms with Gasteiger partial charge in [-0.1, -0.05) is 52.0 Å². The molecule has 0 saturated heterocycles. The van der Waals surface area contributed by atoms with Crippen LogP contribution in [0.2, 0.25) is 0 Å². The van der Waals surface area contributed by atoms with E-state index in [4.69, 9.17) is 5.73 Å². The predicted molar refractivity (Wildman–Crippen MR) is 74.1 cm³/mol. The lowest BCUT2D eigenvalue weighted by Crippen LogP contribution is -2.26. The van der Waals surface area contributed by atoms with Crippen molar-refractivity contribution < 1.29 is 0 Å². The SMILES string of the molecule is CC1CC1C(N)Cc1ccc(C(C)(C)C)cc1. The van der Waals surface area contributed by atoms with Crippen molar-refractivity contribution in [2.24, 2.45) is 17.6 Å². The summed E-state index contributed by atoms with van der Waals surface area (Å²) in [4.78, 5) is 0. The van der Waals surface area contributed by atoms with Crippen LogP contribution in [0.15, 0.2) is 24.3 Å². The average Bonchev–Trinajstić information content (AvgIpc) is 2.95. The quantitative estimate of drug-likeness (QED) is 0.846. The molecule has 94 valence electrons. The van der Waals surface area contributed by atoms with E-state index in [1.165, 1.54) is 17.5 Å². The van der Waals surface area contributed by atoms with Crippen molar-refractivity contribution in [1.82, 2.24) is 0 Å². The van der Waals surface area contributed by atoms with Gasteiger partial charge in [0.15, 0.2) is 0 Å². The first-order chi connectivity index (χ1) is 7.88. The van der Waals surface area contributed by atoms with Gasteiger partial charge in [0.25, 0.3) is 0 Å². The Balaban J connectivity index is 1.98. The molecule has 0 bridgehead atoms. The second kappa shape index (κ2) is 4.45. The Morgan fingerprint density at radius 3 is 2.18 bits per heavy atom. The van der Waals surface area contributed by atoms with E-state index in [1.54, 1.807) is 0 Å². The zero-order valence-corrected chi connectivity index (χ0v) is 11.5. The molecule has 17 heavy (non-hydrogen) atoms. The highest BCUT2D eigenvalue weighted by molar-refractivity contribution is 5.28. The Hall–Kier alpha value is -0.820. The highest BCUT2D eigenvalue weighted by Crippen LogP contribution is 2.40. The van der Waals surface area contributed by atoms with Crippen molar-refractivity contribution in [2.45, 2.75) is 52.0 Å². The summed E-state index contributed by atoms with van der Waals surface area (Å²) in [6.07, 6.45) is 2.35. The highest BCUT2D eigenvalue weighted by atomic mass is 14.7. The van der Waals surface area contributed by atoms with Crippen LogP contribution in [0.25, 0.3) is 0 Å². The maximum atomic E-state index is 6.23. The Morgan fingerprint density at radius 2 is 1.76 bits per heavy atom. The monoisotopic (exact) mass is 231 g/mol. The molecule has 0 heterocycles. The summed E-state index contributed by atoms with van der Waals surface area (Å²) in [5.41, 5.74) is 9.24. The molecule has 1 aliphatic carbocycles. The lowest BCUT2D eigenvalue weighted by Gasteiger charge is -2.19. The molecule has 1 aromatic rings. The molecule has 3 unspecified atom stereocenters. The number of hydrogen-bond donors (Lipinski definition) is 1. The van der Waals surface area contributed by atoms with E-state index in [9.17, 15) is 0 Å². The Morgan fingerprint density at radius 1 is 1.24 bits per heavy atom. The van der Waals surface area contributed by atoms with Gasteiger partial charge in [-0.25, -0.2) is 0 Å². The first kappa shape index (κ1) is 12.6. The molecule has 1 aromatic carbocycles. The van der Waals surface area contributed by atoms with Crippen molar-refractivity contribution in [3.63, 3.8) is 0 Å². The van der Waals surface area contributed by atoms with Crippen LogP contribution in [-0.2, 0) is 11.8 Å². The summed E-state index contributed by atoms with van der Waals surface area (Å²) in [5, 5.41) is 0. The standard InChI is InChI=1S/C16H25N/c1-11-9-14(11)15(17)10-12-5-7-13(8-6-12)16(2,3)4/h5-8,11,14-15H,9-10,17H2,1-4H3. The minimum absolute atomic E-state index is 0.242. The largest absolute Gasteiger partial charge is 0.327 e. The molecular weight excluding hydrogens is 206 g/mol. The zero-order chi connectivity index (χ0) is 12.6. The number of rotatable bonds is 3. The first-order valence-corrected chi connectivity index (χ1v) is 6.73. The topological polar surface area (TPSA) is 26.0 Å². The van der Waals surface area contributed by atoms with E-state index in [0.717, 1.165) is 18.3 Å². The molecule has 1 saturated carbocycles. The van der Waals surface area contributed by atoms with Gasteiger partial charge in [0, 0.05) is 6.04 Å². The minimum Gasteiger partial charge on any atom is -0.327 e. The molecule has 0 spiro atoms. The fourth-order valence-corrected chi connectivity index (χ4v) is 2.51. The van der Waals surface area contributed by atoms with Gasteiger partial charge in [0.2, 0.25) is 0 Å². The van der Waals surface area contributed by atoms with E-state index >= 15 is 0 Å². The van der Waals surface area contributed by atoms with Crippen LogP contribution in [0.1, 0.15) is 45.2 Å². The van der Waals surface area contributed by atoms with Crippen molar-refractivity contribution in [3.8, 4) is 0 Å². The van der Waals surface area contributed by atoms with E-state index in [0.29, 0.717) is 6.04 Å². The van der Waals surface area contributed by atoms with Gasteiger partial charge in [-0.05, 0) is 41.2 Å². The first-order valence-electron chi connectivity index (χ1n) is 6.73. The summed E-state index contributed by atoms with van der Waals surface area (Å²) >= 11 is 0. The summed E-state index contributed by atoms with van der Waals surface area (Å²) in [6, 6.07) is 9.34. The van der Waals surface area contributed by atoms with E-state index in [2.05, 4.69) is 52.0 Å².